The normalized spacial score (nSPS) is 9.60. The Labute approximate surface area is 88.0 Å². The molecule has 0 unspecified atom stereocenters. The molecule has 1 rings (SSSR count). The first-order chi connectivity index (χ1) is 7.15. The van der Waals surface area contributed by atoms with Gasteiger partial charge in [0.05, 0.1) is 5.56 Å². The van der Waals surface area contributed by atoms with Crippen LogP contribution in [0.4, 0.5) is 0 Å². The minimum atomic E-state index is -1.02. The number of carbonyl (C=O) groups excluding carboxylic acids is 1. The van der Waals surface area contributed by atoms with Gasteiger partial charge in [-0.3, -0.25) is 4.79 Å². The molecule has 15 heavy (non-hydrogen) atoms. The number of rotatable bonds is 5. The molecule has 0 aromatic heterocycles. The first-order valence-electron chi connectivity index (χ1n) is 4.62. The van der Waals surface area contributed by atoms with Crippen LogP contribution in [-0.4, -0.2) is 16.9 Å². The van der Waals surface area contributed by atoms with Crippen molar-refractivity contribution in [2.45, 2.75) is 12.8 Å². The molecule has 0 spiro atoms. The molecule has 78 valence electrons. The van der Waals surface area contributed by atoms with Gasteiger partial charge in [0.2, 0.25) is 0 Å². The topological polar surface area (TPSA) is 54.4 Å². The molecule has 0 bridgehead atoms. The summed E-state index contributed by atoms with van der Waals surface area (Å²) in [6.07, 6.45) is 2.64. The van der Waals surface area contributed by atoms with Crippen molar-refractivity contribution in [1.82, 2.24) is 0 Å². The van der Waals surface area contributed by atoms with E-state index in [4.69, 9.17) is 5.11 Å². The number of benzene rings is 1. The van der Waals surface area contributed by atoms with Crippen LogP contribution in [0.25, 0.3) is 0 Å². The fourth-order valence-electron chi connectivity index (χ4n) is 1.20. The van der Waals surface area contributed by atoms with Crippen LogP contribution in [0.1, 0.15) is 33.6 Å². The van der Waals surface area contributed by atoms with Crippen LogP contribution in [0, 0.1) is 0 Å². The van der Waals surface area contributed by atoms with Gasteiger partial charge < -0.3 is 5.11 Å². The number of Topliss-reactive ketones (excluding diaryl/α,β-unsaturated/α-hetero) is 1. The third-order valence-electron chi connectivity index (χ3n) is 2.01. The standard InChI is InChI=1S/C12H12O3/c1-2-3-7-11(13)9-5-4-6-10(8-9)12(14)15/h2,4-6,8H,1,3,7H2,(H,14,15). The number of hydrogen-bond donors (Lipinski definition) is 1. The van der Waals surface area contributed by atoms with Crippen molar-refractivity contribution in [1.29, 1.82) is 0 Å². The molecule has 0 saturated carbocycles. The summed E-state index contributed by atoms with van der Waals surface area (Å²) in [5.41, 5.74) is 0.580. The number of allylic oxidation sites excluding steroid dienone is 1. The van der Waals surface area contributed by atoms with E-state index in [1.807, 2.05) is 0 Å². The Hall–Kier alpha value is -1.90. The second kappa shape index (κ2) is 5.10. The Kier molecular flexibility index (Phi) is 3.80. The van der Waals surface area contributed by atoms with Gasteiger partial charge in [-0.25, -0.2) is 4.79 Å². The molecule has 1 aromatic rings. The summed E-state index contributed by atoms with van der Waals surface area (Å²) in [4.78, 5) is 22.2. The Morgan fingerprint density at radius 2 is 2.00 bits per heavy atom. The zero-order chi connectivity index (χ0) is 11.3. The second-order valence-electron chi connectivity index (χ2n) is 3.14. The Morgan fingerprint density at radius 3 is 2.60 bits per heavy atom. The van der Waals surface area contributed by atoms with E-state index in [0.717, 1.165) is 0 Å². The molecular weight excluding hydrogens is 192 g/mol. The van der Waals surface area contributed by atoms with Crippen LogP contribution in [0.5, 0.6) is 0 Å². The molecule has 3 nitrogen and oxygen atoms in total. The third-order valence-corrected chi connectivity index (χ3v) is 2.01. The molecule has 0 saturated heterocycles. The van der Waals surface area contributed by atoms with Crippen LogP contribution in [0.15, 0.2) is 36.9 Å². The molecule has 1 aromatic carbocycles. The van der Waals surface area contributed by atoms with E-state index in [1.165, 1.54) is 12.1 Å². The predicted molar refractivity (Wildman–Crippen MR) is 57.2 cm³/mol. The molecule has 0 heterocycles. The number of carboxylic acids is 1. The molecular formula is C12H12O3. The summed E-state index contributed by atoms with van der Waals surface area (Å²) in [5.74, 6) is -1.08. The van der Waals surface area contributed by atoms with Gasteiger partial charge in [-0.1, -0.05) is 18.2 Å². The Morgan fingerprint density at radius 1 is 1.33 bits per heavy atom. The van der Waals surface area contributed by atoms with Gasteiger partial charge >= 0.3 is 5.97 Å². The first kappa shape index (κ1) is 11.2. The molecule has 1 N–H and O–H groups in total. The number of carboxylic acid groups (broad SMARTS) is 1. The van der Waals surface area contributed by atoms with Crippen molar-refractivity contribution in [3.05, 3.63) is 48.0 Å². The zero-order valence-corrected chi connectivity index (χ0v) is 8.27. The molecule has 0 fully saturated rings. The summed E-state index contributed by atoms with van der Waals surface area (Å²) < 4.78 is 0. The Bertz CT molecular complexity index is 394. The highest BCUT2D eigenvalue weighted by Crippen LogP contribution is 2.09. The van der Waals surface area contributed by atoms with Crippen molar-refractivity contribution in [2.24, 2.45) is 0 Å². The molecule has 0 radical (unpaired) electrons. The van der Waals surface area contributed by atoms with Crippen LogP contribution in [0.2, 0.25) is 0 Å². The molecule has 0 atom stereocenters. The molecule has 0 aliphatic carbocycles. The summed E-state index contributed by atoms with van der Waals surface area (Å²) in [7, 11) is 0. The van der Waals surface area contributed by atoms with Crippen LogP contribution < -0.4 is 0 Å². The number of aromatic carboxylic acids is 1. The molecule has 3 heteroatoms. The molecule has 0 aliphatic rings. The average Bonchev–Trinajstić information content (AvgIpc) is 2.26. The maximum absolute atomic E-state index is 11.5. The van der Waals surface area contributed by atoms with Crippen molar-refractivity contribution in [2.75, 3.05) is 0 Å². The van der Waals surface area contributed by atoms with Crippen molar-refractivity contribution >= 4 is 11.8 Å². The fraction of sp³-hybridized carbons (Fsp3) is 0.167. The van der Waals surface area contributed by atoms with E-state index in [0.29, 0.717) is 18.4 Å². The maximum Gasteiger partial charge on any atom is 0.335 e. The molecule has 0 aliphatic heterocycles. The highest BCUT2D eigenvalue weighted by molar-refractivity contribution is 5.98. The monoisotopic (exact) mass is 204 g/mol. The van der Waals surface area contributed by atoms with Gasteiger partial charge in [-0.2, -0.15) is 0 Å². The lowest BCUT2D eigenvalue weighted by Crippen LogP contribution is -2.02. The van der Waals surface area contributed by atoms with Gasteiger partial charge in [-0.05, 0) is 18.6 Å². The predicted octanol–water partition coefficient (Wildman–Crippen LogP) is 2.53. The first-order valence-corrected chi connectivity index (χ1v) is 4.62. The minimum Gasteiger partial charge on any atom is -0.478 e. The smallest absolute Gasteiger partial charge is 0.335 e. The van der Waals surface area contributed by atoms with Gasteiger partial charge in [0.25, 0.3) is 0 Å². The highest BCUT2D eigenvalue weighted by Gasteiger charge is 2.08. The van der Waals surface area contributed by atoms with Crippen molar-refractivity contribution in [3.8, 4) is 0 Å². The SMILES string of the molecule is C=CCCC(=O)c1cccc(C(=O)O)c1. The van der Waals surface area contributed by atoms with Gasteiger partial charge in [0.15, 0.2) is 5.78 Å². The van der Waals surface area contributed by atoms with E-state index < -0.39 is 5.97 Å². The second-order valence-corrected chi connectivity index (χ2v) is 3.14. The van der Waals surface area contributed by atoms with Gasteiger partial charge in [0.1, 0.15) is 0 Å². The zero-order valence-electron chi connectivity index (χ0n) is 8.27. The lowest BCUT2D eigenvalue weighted by Gasteiger charge is -2.00. The van der Waals surface area contributed by atoms with E-state index >= 15 is 0 Å². The fourth-order valence-corrected chi connectivity index (χ4v) is 1.20. The van der Waals surface area contributed by atoms with Gasteiger partial charge in [-0.15, -0.1) is 6.58 Å². The lowest BCUT2D eigenvalue weighted by molar-refractivity contribution is 0.0697. The van der Waals surface area contributed by atoms with Crippen LogP contribution in [0.3, 0.4) is 0 Å². The quantitative estimate of drug-likeness (QED) is 0.592. The Balaban J connectivity index is 2.85. The number of ketones is 1. The van der Waals surface area contributed by atoms with Crippen molar-refractivity contribution < 1.29 is 14.7 Å². The third kappa shape index (κ3) is 3.06. The number of carbonyl (C=O) groups is 2. The van der Waals surface area contributed by atoms with E-state index in [9.17, 15) is 9.59 Å². The summed E-state index contributed by atoms with van der Waals surface area (Å²) in [6, 6.07) is 6.06. The van der Waals surface area contributed by atoms with E-state index in [2.05, 4.69) is 6.58 Å². The number of hydrogen-bond acceptors (Lipinski definition) is 2. The maximum atomic E-state index is 11.5. The summed E-state index contributed by atoms with van der Waals surface area (Å²) in [5, 5.41) is 8.74. The van der Waals surface area contributed by atoms with E-state index in [-0.39, 0.29) is 11.3 Å². The van der Waals surface area contributed by atoms with Crippen LogP contribution in [-0.2, 0) is 0 Å². The van der Waals surface area contributed by atoms with Crippen molar-refractivity contribution in [3.63, 3.8) is 0 Å². The summed E-state index contributed by atoms with van der Waals surface area (Å²) >= 11 is 0. The highest BCUT2D eigenvalue weighted by atomic mass is 16.4. The van der Waals surface area contributed by atoms with Crippen LogP contribution >= 0.6 is 0 Å². The largest absolute Gasteiger partial charge is 0.478 e. The lowest BCUT2D eigenvalue weighted by atomic mass is 10.0. The minimum absolute atomic E-state index is 0.0574. The van der Waals surface area contributed by atoms with Gasteiger partial charge in [0, 0.05) is 12.0 Å². The molecule has 0 amide bonds. The average molecular weight is 204 g/mol. The van der Waals surface area contributed by atoms with E-state index in [1.54, 1.807) is 18.2 Å². The summed E-state index contributed by atoms with van der Waals surface area (Å²) in [6.45, 7) is 3.53.